The van der Waals surface area contributed by atoms with E-state index in [1.165, 1.54) is 5.56 Å². The molecule has 1 saturated carbocycles. The third-order valence-corrected chi connectivity index (χ3v) is 7.07. The summed E-state index contributed by atoms with van der Waals surface area (Å²) in [6.45, 7) is 2.95. The van der Waals surface area contributed by atoms with Crippen LogP contribution in [0.25, 0.3) is 10.8 Å². The second kappa shape index (κ2) is 11.6. The third-order valence-electron chi connectivity index (χ3n) is 7.07. The molecule has 0 aliphatic heterocycles. The minimum Gasteiger partial charge on any atom is -0.493 e. The number of nitrogens with one attached hydrogen (secondary N) is 3. The summed E-state index contributed by atoms with van der Waals surface area (Å²) in [4.78, 5) is 17.7. The van der Waals surface area contributed by atoms with E-state index in [4.69, 9.17) is 10.00 Å². The topological polar surface area (TPSA) is 98.5 Å². The number of fused-ring (bicyclic) bond motifs is 1. The van der Waals surface area contributed by atoms with Crippen molar-refractivity contribution in [3.8, 4) is 11.9 Å². The van der Waals surface area contributed by atoms with Gasteiger partial charge in [0.15, 0.2) is 6.19 Å². The number of hydrogen-bond acceptors (Lipinski definition) is 4. The summed E-state index contributed by atoms with van der Waals surface area (Å²) in [5.41, 5.74) is 1.63. The van der Waals surface area contributed by atoms with E-state index >= 15 is 0 Å². The first kappa shape index (κ1) is 25.1. The summed E-state index contributed by atoms with van der Waals surface area (Å²) in [6, 6.07) is 22.4. The SMILES string of the molecule is CCOc1ccc2ccccc2c1C(=O)NCC1(c2ccccc2)CCC(NC(=NC)NC#N)CC1. The van der Waals surface area contributed by atoms with Crippen molar-refractivity contribution in [3.63, 3.8) is 0 Å². The number of amides is 1. The summed E-state index contributed by atoms with van der Waals surface area (Å²) in [7, 11) is 1.66. The summed E-state index contributed by atoms with van der Waals surface area (Å²) in [5, 5.41) is 20.0. The van der Waals surface area contributed by atoms with Gasteiger partial charge in [0.1, 0.15) is 5.75 Å². The number of guanidine groups is 1. The zero-order chi connectivity index (χ0) is 25.4. The zero-order valence-corrected chi connectivity index (χ0v) is 20.9. The molecule has 36 heavy (non-hydrogen) atoms. The Labute approximate surface area is 212 Å². The fourth-order valence-electron chi connectivity index (χ4n) is 5.18. The number of benzene rings is 3. The molecule has 3 N–H and O–H groups in total. The molecule has 186 valence electrons. The summed E-state index contributed by atoms with van der Waals surface area (Å²) >= 11 is 0. The van der Waals surface area contributed by atoms with E-state index in [1.807, 2.05) is 55.6 Å². The zero-order valence-electron chi connectivity index (χ0n) is 20.9. The van der Waals surface area contributed by atoms with Gasteiger partial charge in [0.2, 0.25) is 5.96 Å². The predicted octanol–water partition coefficient (Wildman–Crippen LogP) is 4.49. The molecular formula is C29H33N5O2. The highest BCUT2D eigenvalue weighted by atomic mass is 16.5. The molecule has 1 aliphatic rings. The molecule has 3 aromatic rings. The Bertz CT molecular complexity index is 1260. The van der Waals surface area contributed by atoms with Crippen LogP contribution in [-0.4, -0.2) is 38.1 Å². The Morgan fingerprint density at radius 3 is 2.50 bits per heavy atom. The summed E-state index contributed by atoms with van der Waals surface area (Å²) in [6.07, 6.45) is 5.51. The smallest absolute Gasteiger partial charge is 0.255 e. The average Bonchev–Trinajstić information content (AvgIpc) is 2.93. The van der Waals surface area contributed by atoms with E-state index in [1.54, 1.807) is 7.05 Å². The van der Waals surface area contributed by atoms with Crippen LogP contribution in [0, 0.1) is 11.5 Å². The molecule has 3 aromatic carbocycles. The maximum Gasteiger partial charge on any atom is 0.255 e. The second-order valence-electron chi connectivity index (χ2n) is 9.15. The van der Waals surface area contributed by atoms with Gasteiger partial charge in [-0.3, -0.25) is 15.1 Å². The van der Waals surface area contributed by atoms with Crippen LogP contribution in [0.5, 0.6) is 5.75 Å². The lowest BCUT2D eigenvalue weighted by molar-refractivity contribution is 0.0933. The lowest BCUT2D eigenvalue weighted by atomic mass is 9.68. The van der Waals surface area contributed by atoms with Crippen LogP contribution in [0.4, 0.5) is 0 Å². The van der Waals surface area contributed by atoms with Gasteiger partial charge in [-0.25, -0.2) is 0 Å². The fraction of sp³-hybridized carbons (Fsp3) is 0.345. The Kier molecular flexibility index (Phi) is 8.06. The van der Waals surface area contributed by atoms with Gasteiger partial charge in [0.25, 0.3) is 5.91 Å². The van der Waals surface area contributed by atoms with E-state index in [0.717, 1.165) is 36.5 Å². The normalized spacial score (nSPS) is 19.8. The number of hydrogen-bond donors (Lipinski definition) is 3. The van der Waals surface area contributed by atoms with E-state index in [9.17, 15) is 4.79 Å². The van der Waals surface area contributed by atoms with Gasteiger partial charge in [-0.05, 0) is 55.0 Å². The number of nitrogens with zero attached hydrogens (tertiary/aromatic N) is 2. The molecule has 0 spiro atoms. The summed E-state index contributed by atoms with van der Waals surface area (Å²) < 4.78 is 5.84. The molecular weight excluding hydrogens is 450 g/mol. The lowest BCUT2D eigenvalue weighted by Crippen LogP contribution is -2.49. The first-order chi connectivity index (χ1) is 17.6. The third kappa shape index (κ3) is 5.44. The highest BCUT2D eigenvalue weighted by Crippen LogP contribution is 2.39. The maximum atomic E-state index is 13.6. The van der Waals surface area contributed by atoms with Crippen LogP contribution >= 0.6 is 0 Å². The largest absolute Gasteiger partial charge is 0.493 e. The van der Waals surface area contributed by atoms with Crippen LogP contribution in [-0.2, 0) is 5.41 Å². The van der Waals surface area contributed by atoms with E-state index in [0.29, 0.717) is 30.4 Å². The van der Waals surface area contributed by atoms with Crippen LogP contribution in [0.3, 0.4) is 0 Å². The average molecular weight is 484 g/mol. The predicted molar refractivity (Wildman–Crippen MR) is 143 cm³/mol. The van der Waals surface area contributed by atoms with Crippen LogP contribution in [0.15, 0.2) is 71.7 Å². The Balaban J connectivity index is 1.56. The van der Waals surface area contributed by atoms with Crippen molar-refractivity contribution in [2.24, 2.45) is 4.99 Å². The monoisotopic (exact) mass is 483 g/mol. The molecule has 0 heterocycles. The molecule has 1 fully saturated rings. The molecule has 1 aliphatic carbocycles. The van der Waals surface area contributed by atoms with Crippen molar-refractivity contribution >= 4 is 22.6 Å². The van der Waals surface area contributed by atoms with Crippen molar-refractivity contribution in [1.82, 2.24) is 16.0 Å². The molecule has 1 amide bonds. The van der Waals surface area contributed by atoms with Gasteiger partial charge < -0.3 is 15.4 Å². The highest BCUT2D eigenvalue weighted by molar-refractivity contribution is 6.09. The minimum atomic E-state index is -0.183. The van der Waals surface area contributed by atoms with Crippen LogP contribution in [0.2, 0.25) is 0 Å². The first-order valence-electron chi connectivity index (χ1n) is 12.5. The molecule has 7 nitrogen and oxygen atoms in total. The van der Waals surface area contributed by atoms with Crippen molar-refractivity contribution < 1.29 is 9.53 Å². The maximum absolute atomic E-state index is 13.6. The Morgan fingerprint density at radius 2 is 1.81 bits per heavy atom. The van der Waals surface area contributed by atoms with E-state index in [-0.39, 0.29) is 17.4 Å². The number of carbonyl (C=O) groups is 1. The Morgan fingerprint density at radius 1 is 1.08 bits per heavy atom. The van der Waals surface area contributed by atoms with Crippen LogP contribution < -0.4 is 20.7 Å². The standard InChI is InChI=1S/C29H33N5O2/c1-3-36-25-14-13-21-9-7-8-12-24(21)26(25)27(35)32-19-29(22-10-5-4-6-11-22)17-15-23(16-18-29)34-28(31-2)33-20-30/h4-14,23H,3,15-19H2,1-2H3,(H,32,35)(H2,31,33,34). The minimum absolute atomic E-state index is 0.121. The summed E-state index contributed by atoms with van der Waals surface area (Å²) in [5.74, 6) is 0.971. The number of ether oxygens (including phenoxy) is 1. The molecule has 0 bridgehead atoms. The number of aliphatic imine (C=N–C) groups is 1. The van der Waals surface area contributed by atoms with Crippen LogP contribution in [0.1, 0.15) is 48.5 Å². The van der Waals surface area contributed by atoms with Gasteiger partial charge in [0.05, 0.1) is 12.2 Å². The molecule has 4 rings (SSSR count). The van der Waals surface area contributed by atoms with Gasteiger partial charge in [-0.2, -0.15) is 5.26 Å². The first-order valence-corrected chi connectivity index (χ1v) is 12.5. The molecule has 0 saturated heterocycles. The van der Waals surface area contributed by atoms with Crippen molar-refractivity contribution in [1.29, 1.82) is 5.26 Å². The molecule has 0 unspecified atom stereocenters. The second-order valence-corrected chi connectivity index (χ2v) is 9.15. The molecule has 0 radical (unpaired) electrons. The lowest BCUT2D eigenvalue weighted by Gasteiger charge is -2.41. The quantitative estimate of drug-likeness (QED) is 0.199. The van der Waals surface area contributed by atoms with Crippen molar-refractivity contribution in [2.45, 2.75) is 44.1 Å². The molecule has 0 atom stereocenters. The van der Waals surface area contributed by atoms with Crippen molar-refractivity contribution in [2.75, 3.05) is 20.2 Å². The number of rotatable bonds is 7. The molecule has 7 heteroatoms. The molecule has 0 aromatic heterocycles. The van der Waals surface area contributed by atoms with Gasteiger partial charge in [-0.15, -0.1) is 0 Å². The van der Waals surface area contributed by atoms with E-state index in [2.05, 4.69) is 45.2 Å². The van der Waals surface area contributed by atoms with Crippen molar-refractivity contribution in [3.05, 3.63) is 77.9 Å². The van der Waals surface area contributed by atoms with E-state index < -0.39 is 0 Å². The van der Waals surface area contributed by atoms with Gasteiger partial charge in [0, 0.05) is 25.0 Å². The van der Waals surface area contributed by atoms with Gasteiger partial charge >= 0.3 is 0 Å². The Hall–Kier alpha value is -4.05. The number of carbonyl (C=O) groups excluding carboxylic acids is 1. The van der Waals surface area contributed by atoms with Gasteiger partial charge in [-0.1, -0.05) is 60.7 Å². The fourth-order valence-corrected chi connectivity index (χ4v) is 5.18. The highest BCUT2D eigenvalue weighted by Gasteiger charge is 2.37. The number of nitriles is 1.